The number of hydrogen-bond donors (Lipinski definition) is 0. The highest BCUT2D eigenvalue weighted by Crippen LogP contribution is 2.38. The Bertz CT molecular complexity index is 1080. The van der Waals surface area contributed by atoms with E-state index in [2.05, 4.69) is 9.97 Å². The van der Waals surface area contributed by atoms with Crippen molar-refractivity contribution in [3.8, 4) is 5.75 Å². The van der Waals surface area contributed by atoms with Crippen LogP contribution in [-0.4, -0.2) is 32.9 Å². The molecule has 31 heavy (non-hydrogen) atoms. The molecule has 8 heteroatoms. The lowest BCUT2D eigenvalue weighted by atomic mass is 9.78. The van der Waals surface area contributed by atoms with Gasteiger partial charge in [0.05, 0.1) is 28.7 Å². The van der Waals surface area contributed by atoms with Crippen molar-refractivity contribution in [2.45, 2.75) is 71.6 Å². The highest BCUT2D eigenvalue weighted by molar-refractivity contribution is 6.62. The van der Waals surface area contributed by atoms with Crippen molar-refractivity contribution in [2.75, 3.05) is 0 Å². The molecule has 0 bridgehead atoms. The van der Waals surface area contributed by atoms with E-state index in [-0.39, 0.29) is 6.10 Å². The molecule has 0 N–H and O–H groups in total. The van der Waals surface area contributed by atoms with Gasteiger partial charge in [0.1, 0.15) is 17.4 Å². The molecule has 0 unspecified atom stereocenters. The van der Waals surface area contributed by atoms with E-state index in [1.165, 1.54) is 24.7 Å². The molecule has 6 nitrogen and oxygen atoms in total. The number of ether oxygens (including phenoxy) is 1. The Kier molecular flexibility index (Phi) is 5.13. The van der Waals surface area contributed by atoms with Gasteiger partial charge < -0.3 is 14.0 Å². The van der Waals surface area contributed by atoms with Gasteiger partial charge in [0.15, 0.2) is 5.79 Å². The molecule has 1 aromatic carbocycles. The van der Waals surface area contributed by atoms with Gasteiger partial charge in [-0.25, -0.2) is 9.37 Å². The summed E-state index contributed by atoms with van der Waals surface area (Å²) < 4.78 is 35.2. The van der Waals surface area contributed by atoms with Crippen LogP contribution in [0.15, 0.2) is 42.9 Å². The number of halogens is 1. The van der Waals surface area contributed by atoms with Gasteiger partial charge in [-0.15, -0.1) is 0 Å². The topological polar surface area (TPSA) is 58.4 Å². The number of alkyl halides is 1. The molecular weight excluding hydrogens is 396 g/mol. The summed E-state index contributed by atoms with van der Waals surface area (Å²) >= 11 is 0. The third kappa shape index (κ3) is 3.94. The summed E-state index contributed by atoms with van der Waals surface area (Å²) in [5.74, 6) is -1.14. The second-order valence-electron chi connectivity index (χ2n) is 9.51. The molecule has 1 aliphatic heterocycles. The van der Waals surface area contributed by atoms with Crippen molar-refractivity contribution < 1.29 is 18.4 Å². The quantitative estimate of drug-likeness (QED) is 0.562. The van der Waals surface area contributed by atoms with Crippen molar-refractivity contribution in [1.29, 1.82) is 0 Å². The van der Waals surface area contributed by atoms with Crippen LogP contribution in [0.3, 0.4) is 0 Å². The molecule has 1 aliphatic rings. The summed E-state index contributed by atoms with van der Waals surface area (Å²) in [6.45, 7) is 12.9. The minimum atomic E-state index is -1.65. The first-order valence-electron chi connectivity index (χ1n) is 10.5. The SMILES string of the molecule is C[C@@H](Oc1cc(B2OC(C)(C)C(C)(C)O2)cc2ncn(C(C)(C)F)c12)c1ccccn1. The van der Waals surface area contributed by atoms with E-state index in [0.717, 1.165) is 11.2 Å². The zero-order valence-electron chi connectivity index (χ0n) is 19.1. The van der Waals surface area contributed by atoms with Gasteiger partial charge in [0.25, 0.3) is 0 Å². The Hall–Kier alpha value is -2.45. The molecule has 3 aromatic rings. The fraction of sp³-hybridized carbons (Fsp3) is 0.478. The lowest BCUT2D eigenvalue weighted by molar-refractivity contribution is 0.00578. The Morgan fingerprint density at radius 3 is 2.35 bits per heavy atom. The van der Waals surface area contributed by atoms with Crippen molar-refractivity contribution in [3.05, 3.63) is 48.5 Å². The van der Waals surface area contributed by atoms with E-state index >= 15 is 0 Å². The number of pyridine rings is 1. The smallest absolute Gasteiger partial charge is 0.482 e. The molecule has 2 aromatic heterocycles. The predicted molar refractivity (Wildman–Crippen MR) is 119 cm³/mol. The fourth-order valence-electron chi connectivity index (χ4n) is 3.61. The first-order chi connectivity index (χ1) is 14.4. The maximum Gasteiger partial charge on any atom is 0.495 e. The molecule has 0 radical (unpaired) electrons. The van der Waals surface area contributed by atoms with E-state index in [1.54, 1.807) is 6.20 Å². The lowest BCUT2D eigenvalue weighted by Crippen LogP contribution is -2.41. The van der Waals surface area contributed by atoms with Crippen LogP contribution in [0.25, 0.3) is 11.0 Å². The maximum absolute atomic E-state index is 14.9. The molecule has 3 heterocycles. The molecule has 0 aliphatic carbocycles. The molecule has 4 rings (SSSR count). The zero-order chi connectivity index (χ0) is 22.6. The molecule has 1 saturated heterocycles. The molecule has 0 saturated carbocycles. The zero-order valence-corrected chi connectivity index (χ0v) is 19.1. The van der Waals surface area contributed by atoms with Crippen LogP contribution in [0.1, 0.15) is 60.3 Å². The van der Waals surface area contributed by atoms with Crippen LogP contribution in [0.2, 0.25) is 0 Å². The lowest BCUT2D eigenvalue weighted by Gasteiger charge is -2.32. The summed E-state index contributed by atoms with van der Waals surface area (Å²) in [5, 5.41) is 0. The van der Waals surface area contributed by atoms with Crippen LogP contribution < -0.4 is 10.2 Å². The molecular formula is C23H29BFN3O3. The van der Waals surface area contributed by atoms with Gasteiger partial charge in [0.2, 0.25) is 0 Å². The molecule has 1 fully saturated rings. The average Bonchev–Trinajstić information content (AvgIpc) is 3.20. The van der Waals surface area contributed by atoms with E-state index in [1.807, 2.05) is 65.0 Å². The first kappa shape index (κ1) is 21.8. The number of rotatable bonds is 5. The van der Waals surface area contributed by atoms with E-state index in [4.69, 9.17) is 14.0 Å². The standard InChI is InChI=1S/C23H29BFN3O3/c1-15(17-10-8-9-11-26-17)29-19-13-16(24-30-21(2,3)22(4,5)31-24)12-18-20(19)28(14-27-18)23(6,7)25/h8-15H,1-7H3/t15-/m1/s1. The summed E-state index contributed by atoms with van der Waals surface area (Å²) in [5.41, 5.74) is 1.79. The first-order valence-corrected chi connectivity index (χ1v) is 10.5. The number of fused-ring (bicyclic) bond motifs is 1. The number of aromatic nitrogens is 3. The second kappa shape index (κ2) is 7.31. The third-order valence-electron chi connectivity index (χ3n) is 6.14. The predicted octanol–water partition coefficient (Wildman–Crippen LogP) is 4.53. The molecule has 0 amide bonds. The minimum absolute atomic E-state index is 0.343. The number of hydrogen-bond acceptors (Lipinski definition) is 5. The third-order valence-corrected chi connectivity index (χ3v) is 6.14. The van der Waals surface area contributed by atoms with Gasteiger partial charge in [0, 0.05) is 6.20 Å². The van der Waals surface area contributed by atoms with Crippen LogP contribution in [0.4, 0.5) is 4.39 Å². The summed E-state index contributed by atoms with van der Waals surface area (Å²) in [4.78, 5) is 8.83. The maximum atomic E-state index is 14.9. The van der Waals surface area contributed by atoms with Crippen LogP contribution in [0, 0.1) is 0 Å². The van der Waals surface area contributed by atoms with Crippen LogP contribution in [-0.2, 0) is 15.1 Å². The Labute approximate surface area is 182 Å². The Morgan fingerprint density at radius 2 is 1.77 bits per heavy atom. The largest absolute Gasteiger partial charge is 0.495 e. The summed E-state index contributed by atoms with van der Waals surface area (Å²) in [6.07, 6.45) is 2.88. The van der Waals surface area contributed by atoms with Crippen molar-refractivity contribution in [3.63, 3.8) is 0 Å². The second-order valence-corrected chi connectivity index (χ2v) is 9.51. The average molecular weight is 425 g/mol. The highest BCUT2D eigenvalue weighted by Gasteiger charge is 2.52. The normalized spacial score (nSPS) is 19.0. The molecule has 164 valence electrons. The van der Waals surface area contributed by atoms with E-state index in [9.17, 15) is 4.39 Å². The van der Waals surface area contributed by atoms with Gasteiger partial charge in [-0.05, 0) is 78.2 Å². The van der Waals surface area contributed by atoms with Crippen LogP contribution >= 0.6 is 0 Å². The Morgan fingerprint density at radius 1 is 1.10 bits per heavy atom. The van der Waals surface area contributed by atoms with Gasteiger partial charge in [-0.3, -0.25) is 9.55 Å². The van der Waals surface area contributed by atoms with Crippen molar-refractivity contribution >= 4 is 23.6 Å². The fourth-order valence-corrected chi connectivity index (χ4v) is 3.61. The number of nitrogens with zero attached hydrogens (tertiary/aromatic N) is 3. The van der Waals surface area contributed by atoms with Crippen LogP contribution in [0.5, 0.6) is 5.75 Å². The van der Waals surface area contributed by atoms with Gasteiger partial charge >= 0.3 is 7.12 Å². The molecule has 0 spiro atoms. The number of benzene rings is 1. The van der Waals surface area contributed by atoms with Gasteiger partial charge in [-0.1, -0.05) is 6.07 Å². The highest BCUT2D eigenvalue weighted by atomic mass is 19.1. The van der Waals surface area contributed by atoms with E-state index < -0.39 is 24.1 Å². The van der Waals surface area contributed by atoms with E-state index in [0.29, 0.717) is 16.8 Å². The summed E-state index contributed by atoms with van der Waals surface area (Å²) in [7, 11) is -0.578. The van der Waals surface area contributed by atoms with Gasteiger partial charge in [-0.2, -0.15) is 0 Å². The van der Waals surface area contributed by atoms with Crippen molar-refractivity contribution in [1.82, 2.24) is 14.5 Å². The number of imidazole rings is 1. The monoisotopic (exact) mass is 425 g/mol. The minimum Gasteiger partial charge on any atom is -0.482 e. The summed E-state index contributed by atoms with van der Waals surface area (Å²) in [6, 6.07) is 9.39. The molecule has 1 atom stereocenters. The van der Waals surface area contributed by atoms with Crippen molar-refractivity contribution in [2.24, 2.45) is 0 Å². The Balaban J connectivity index is 1.80.